The van der Waals surface area contributed by atoms with E-state index in [2.05, 4.69) is 4.74 Å². The molecule has 90 valence electrons. The molecule has 0 radical (unpaired) electrons. The van der Waals surface area contributed by atoms with E-state index in [4.69, 9.17) is 0 Å². The molecule has 1 aromatic carbocycles. The van der Waals surface area contributed by atoms with Gasteiger partial charge in [-0.3, -0.25) is 4.79 Å². The first-order valence-electron chi connectivity index (χ1n) is 5.45. The summed E-state index contributed by atoms with van der Waals surface area (Å²) in [4.78, 5) is 11.3. The Hall–Kier alpha value is -1.84. The maximum Gasteiger partial charge on any atom is 0.310 e. The van der Waals surface area contributed by atoms with Crippen LogP contribution in [0.5, 0.6) is 0 Å². The van der Waals surface area contributed by atoms with Gasteiger partial charge in [-0.25, -0.2) is 4.39 Å². The average molecular weight is 235 g/mol. The Bertz CT molecular complexity index is 533. The van der Waals surface area contributed by atoms with Crippen LogP contribution in [0.4, 0.5) is 4.39 Å². The van der Waals surface area contributed by atoms with Gasteiger partial charge in [0.25, 0.3) is 0 Å². The summed E-state index contributed by atoms with van der Waals surface area (Å²) in [5, 5.41) is 0.978. The van der Waals surface area contributed by atoms with E-state index in [0.717, 1.165) is 16.5 Å². The molecule has 0 N–H and O–H groups in total. The number of halogens is 1. The van der Waals surface area contributed by atoms with Gasteiger partial charge in [0.05, 0.1) is 20.1 Å². The molecule has 4 heteroatoms. The van der Waals surface area contributed by atoms with Gasteiger partial charge in [0.15, 0.2) is 0 Å². The van der Waals surface area contributed by atoms with Gasteiger partial charge < -0.3 is 9.30 Å². The lowest BCUT2D eigenvalue weighted by Crippen LogP contribution is -2.04. The van der Waals surface area contributed by atoms with Gasteiger partial charge in [0, 0.05) is 17.1 Å². The van der Waals surface area contributed by atoms with Crippen LogP contribution in [0.2, 0.25) is 0 Å². The molecule has 0 aliphatic heterocycles. The van der Waals surface area contributed by atoms with Crippen LogP contribution in [0.1, 0.15) is 5.56 Å². The molecule has 0 unspecified atom stereocenters. The van der Waals surface area contributed by atoms with Crippen LogP contribution in [0.15, 0.2) is 30.5 Å². The van der Waals surface area contributed by atoms with E-state index in [1.165, 1.54) is 7.11 Å². The number of fused-ring (bicyclic) bond motifs is 1. The van der Waals surface area contributed by atoms with Crippen LogP contribution >= 0.6 is 0 Å². The van der Waals surface area contributed by atoms with Crippen molar-refractivity contribution in [2.75, 3.05) is 13.8 Å². The first-order chi connectivity index (χ1) is 8.26. The number of para-hydroxylation sites is 1. The molecule has 0 saturated carbocycles. The minimum Gasteiger partial charge on any atom is -0.469 e. The fraction of sp³-hybridized carbons (Fsp3) is 0.308. The standard InChI is InChI=1S/C13H14FNO2/c1-17-13(16)8-10-9-15(7-6-14)12-5-3-2-4-11(10)12/h2-5,9H,6-8H2,1H3. The maximum atomic E-state index is 12.4. The predicted octanol–water partition coefficient (Wildman–Crippen LogP) is 2.33. The Labute approximate surface area is 98.8 Å². The molecule has 2 aromatic rings. The summed E-state index contributed by atoms with van der Waals surface area (Å²) < 4.78 is 18.9. The van der Waals surface area contributed by atoms with Crippen molar-refractivity contribution in [2.45, 2.75) is 13.0 Å². The highest BCUT2D eigenvalue weighted by Gasteiger charge is 2.11. The van der Waals surface area contributed by atoms with Crippen LogP contribution in [-0.2, 0) is 22.5 Å². The lowest BCUT2D eigenvalue weighted by molar-refractivity contribution is -0.139. The van der Waals surface area contributed by atoms with Crippen molar-refractivity contribution in [2.24, 2.45) is 0 Å². The summed E-state index contributed by atoms with van der Waals surface area (Å²) in [6.45, 7) is -0.113. The van der Waals surface area contributed by atoms with E-state index in [9.17, 15) is 9.18 Å². The van der Waals surface area contributed by atoms with Gasteiger partial charge >= 0.3 is 5.97 Å². The van der Waals surface area contributed by atoms with Gasteiger partial charge in [-0.15, -0.1) is 0 Å². The number of rotatable bonds is 4. The van der Waals surface area contributed by atoms with Crippen molar-refractivity contribution >= 4 is 16.9 Å². The number of carbonyl (C=O) groups excluding carboxylic acids is 1. The Balaban J connectivity index is 2.44. The molecule has 1 aromatic heterocycles. The van der Waals surface area contributed by atoms with E-state index in [1.807, 2.05) is 35.0 Å². The van der Waals surface area contributed by atoms with Crippen LogP contribution in [-0.4, -0.2) is 24.3 Å². The zero-order chi connectivity index (χ0) is 12.3. The van der Waals surface area contributed by atoms with E-state index >= 15 is 0 Å². The highest BCUT2D eigenvalue weighted by molar-refractivity contribution is 5.87. The lowest BCUT2D eigenvalue weighted by Gasteiger charge is -1.99. The molecule has 3 nitrogen and oxygen atoms in total. The molecule has 0 aliphatic carbocycles. The fourth-order valence-corrected chi connectivity index (χ4v) is 1.97. The molecule has 0 spiro atoms. The van der Waals surface area contributed by atoms with Gasteiger partial charge in [-0.2, -0.15) is 0 Å². The molecule has 17 heavy (non-hydrogen) atoms. The molecule has 0 bridgehead atoms. The largest absolute Gasteiger partial charge is 0.469 e. The van der Waals surface area contributed by atoms with Gasteiger partial charge in [0.1, 0.15) is 6.67 Å². The maximum absolute atomic E-state index is 12.4. The zero-order valence-electron chi connectivity index (χ0n) is 9.65. The summed E-state index contributed by atoms with van der Waals surface area (Å²) in [7, 11) is 1.36. The Morgan fingerprint density at radius 2 is 2.18 bits per heavy atom. The quantitative estimate of drug-likeness (QED) is 0.761. The van der Waals surface area contributed by atoms with Crippen molar-refractivity contribution in [1.82, 2.24) is 4.57 Å². The summed E-state index contributed by atoms with van der Waals surface area (Å²) >= 11 is 0. The number of nitrogens with zero attached hydrogens (tertiary/aromatic N) is 1. The predicted molar refractivity (Wildman–Crippen MR) is 63.6 cm³/mol. The van der Waals surface area contributed by atoms with Crippen LogP contribution in [0.25, 0.3) is 10.9 Å². The normalized spacial score (nSPS) is 10.7. The average Bonchev–Trinajstić information content (AvgIpc) is 2.69. The second kappa shape index (κ2) is 4.99. The monoisotopic (exact) mass is 235 g/mol. The first-order valence-corrected chi connectivity index (χ1v) is 5.45. The molecule has 0 amide bonds. The summed E-state index contributed by atoms with van der Waals surface area (Å²) in [6.07, 6.45) is 2.04. The van der Waals surface area contributed by atoms with Crippen molar-refractivity contribution < 1.29 is 13.9 Å². The van der Waals surface area contributed by atoms with Gasteiger partial charge in [0.2, 0.25) is 0 Å². The second-order valence-corrected chi connectivity index (χ2v) is 3.81. The van der Waals surface area contributed by atoms with Crippen LogP contribution < -0.4 is 0 Å². The molecular formula is C13H14FNO2. The topological polar surface area (TPSA) is 31.2 Å². The summed E-state index contributed by atoms with van der Waals surface area (Å²) in [6, 6.07) is 7.66. The summed E-state index contributed by atoms with van der Waals surface area (Å²) in [5.74, 6) is -0.284. The number of methoxy groups -OCH3 is 1. The molecular weight excluding hydrogens is 221 g/mol. The van der Waals surface area contributed by atoms with Gasteiger partial charge in [-0.1, -0.05) is 18.2 Å². The molecule has 2 rings (SSSR count). The number of esters is 1. The third-order valence-corrected chi connectivity index (χ3v) is 2.76. The fourth-order valence-electron chi connectivity index (χ4n) is 1.97. The Morgan fingerprint density at radius 1 is 1.41 bits per heavy atom. The number of carbonyl (C=O) groups is 1. The smallest absolute Gasteiger partial charge is 0.310 e. The van der Waals surface area contributed by atoms with Crippen LogP contribution in [0, 0.1) is 0 Å². The third kappa shape index (κ3) is 2.30. The van der Waals surface area contributed by atoms with Gasteiger partial charge in [-0.05, 0) is 11.6 Å². The molecule has 0 aliphatic rings. The molecule has 1 heterocycles. The summed E-state index contributed by atoms with van der Waals surface area (Å²) in [5.41, 5.74) is 1.82. The van der Waals surface area contributed by atoms with E-state index in [0.29, 0.717) is 6.54 Å². The SMILES string of the molecule is COC(=O)Cc1cn(CCF)c2ccccc12. The number of hydrogen-bond donors (Lipinski definition) is 0. The Kier molecular flexibility index (Phi) is 3.42. The highest BCUT2D eigenvalue weighted by Crippen LogP contribution is 2.22. The number of aromatic nitrogens is 1. The first kappa shape index (κ1) is 11.6. The number of benzene rings is 1. The second-order valence-electron chi connectivity index (χ2n) is 3.81. The van der Waals surface area contributed by atoms with Crippen molar-refractivity contribution in [1.29, 1.82) is 0 Å². The number of ether oxygens (including phenoxy) is 1. The Morgan fingerprint density at radius 3 is 2.88 bits per heavy atom. The van der Waals surface area contributed by atoms with Crippen molar-refractivity contribution in [3.05, 3.63) is 36.0 Å². The number of aryl methyl sites for hydroxylation is 1. The van der Waals surface area contributed by atoms with Crippen molar-refractivity contribution in [3.8, 4) is 0 Å². The van der Waals surface area contributed by atoms with E-state index in [1.54, 1.807) is 0 Å². The van der Waals surface area contributed by atoms with Crippen molar-refractivity contribution in [3.63, 3.8) is 0 Å². The minimum atomic E-state index is -0.420. The molecule has 0 saturated heterocycles. The third-order valence-electron chi connectivity index (χ3n) is 2.76. The van der Waals surface area contributed by atoms with E-state index < -0.39 is 6.67 Å². The minimum absolute atomic E-state index is 0.219. The number of alkyl halides is 1. The molecule has 0 fully saturated rings. The lowest BCUT2D eigenvalue weighted by atomic mass is 10.1. The highest BCUT2D eigenvalue weighted by atomic mass is 19.1. The molecule has 0 atom stereocenters. The van der Waals surface area contributed by atoms with E-state index in [-0.39, 0.29) is 12.4 Å². The zero-order valence-corrected chi connectivity index (χ0v) is 9.65. The van der Waals surface area contributed by atoms with Crippen LogP contribution in [0.3, 0.4) is 0 Å². The number of hydrogen-bond acceptors (Lipinski definition) is 2.